The fraction of sp³-hybridized carbons (Fsp3) is 0.176. The molecule has 3 rings (SSSR count). The van der Waals surface area contributed by atoms with Crippen LogP contribution in [0.25, 0.3) is 5.69 Å². The van der Waals surface area contributed by atoms with Gasteiger partial charge in [0.15, 0.2) is 0 Å². The van der Waals surface area contributed by atoms with E-state index in [0.717, 1.165) is 15.7 Å². The Kier molecular flexibility index (Phi) is 6.35. The summed E-state index contributed by atoms with van der Waals surface area (Å²) in [6.45, 7) is 1.86. The van der Waals surface area contributed by atoms with Gasteiger partial charge in [0.2, 0.25) is 11.1 Å². The lowest BCUT2D eigenvalue weighted by molar-refractivity contribution is -0.113. The van der Waals surface area contributed by atoms with Crippen LogP contribution in [0.3, 0.4) is 0 Å². The van der Waals surface area contributed by atoms with Gasteiger partial charge in [-0.2, -0.15) is 4.68 Å². The van der Waals surface area contributed by atoms with Gasteiger partial charge in [0.25, 0.3) is 0 Å². The molecule has 1 amide bonds. The third kappa shape index (κ3) is 4.79. The van der Waals surface area contributed by atoms with E-state index >= 15 is 0 Å². The molecule has 0 bridgehead atoms. The van der Waals surface area contributed by atoms with E-state index in [2.05, 4.69) is 36.8 Å². The van der Waals surface area contributed by atoms with Gasteiger partial charge in [0.05, 0.1) is 24.2 Å². The number of hydrogen-bond donors (Lipinski definition) is 1. The van der Waals surface area contributed by atoms with Gasteiger partial charge in [0.1, 0.15) is 5.75 Å². The summed E-state index contributed by atoms with van der Waals surface area (Å²) in [5, 5.41) is 15.6. The van der Waals surface area contributed by atoms with E-state index in [9.17, 15) is 4.79 Å². The molecule has 0 atom stereocenters. The van der Waals surface area contributed by atoms with Gasteiger partial charge in [-0.25, -0.2) is 0 Å². The maximum atomic E-state index is 12.4. The number of thioether (sulfide) groups is 1. The van der Waals surface area contributed by atoms with Crippen LogP contribution in [-0.2, 0) is 4.79 Å². The van der Waals surface area contributed by atoms with Gasteiger partial charge >= 0.3 is 0 Å². The molecule has 3 aromatic rings. The zero-order valence-corrected chi connectivity index (χ0v) is 17.6. The van der Waals surface area contributed by atoms with Gasteiger partial charge in [0, 0.05) is 15.6 Å². The van der Waals surface area contributed by atoms with Crippen molar-refractivity contribution in [3.05, 3.63) is 51.5 Å². The molecule has 0 aliphatic heterocycles. The minimum Gasteiger partial charge on any atom is -0.495 e. The lowest BCUT2D eigenvalue weighted by Crippen LogP contribution is -2.15. The molecule has 0 aliphatic rings. The minimum atomic E-state index is -0.203. The number of halogens is 2. The van der Waals surface area contributed by atoms with Crippen LogP contribution in [0.5, 0.6) is 5.75 Å². The number of carbonyl (C=O) groups is 1. The highest BCUT2D eigenvalue weighted by Gasteiger charge is 2.14. The van der Waals surface area contributed by atoms with E-state index in [4.69, 9.17) is 16.3 Å². The summed E-state index contributed by atoms with van der Waals surface area (Å²) in [5.74, 6) is 0.441. The van der Waals surface area contributed by atoms with Crippen molar-refractivity contribution in [3.8, 4) is 11.4 Å². The van der Waals surface area contributed by atoms with Crippen molar-refractivity contribution in [2.45, 2.75) is 12.1 Å². The molecule has 1 heterocycles. The predicted octanol–water partition coefficient (Wildman–Crippen LogP) is 4.13. The van der Waals surface area contributed by atoms with Crippen molar-refractivity contribution >= 4 is 50.9 Å². The summed E-state index contributed by atoms with van der Waals surface area (Å²) in [4.78, 5) is 12.4. The zero-order chi connectivity index (χ0) is 19.4. The number of anilines is 1. The molecule has 0 radical (unpaired) electrons. The highest BCUT2D eigenvalue weighted by molar-refractivity contribution is 9.10. The third-order valence-corrected chi connectivity index (χ3v) is 5.45. The van der Waals surface area contributed by atoms with Crippen molar-refractivity contribution < 1.29 is 9.53 Å². The summed E-state index contributed by atoms with van der Waals surface area (Å²) in [6.07, 6.45) is 0. The lowest BCUT2D eigenvalue weighted by Gasteiger charge is -2.12. The summed E-state index contributed by atoms with van der Waals surface area (Å²) in [5.41, 5.74) is 2.22. The molecule has 0 unspecified atom stereocenters. The second-order valence-electron chi connectivity index (χ2n) is 5.49. The third-order valence-electron chi connectivity index (χ3n) is 3.60. The lowest BCUT2D eigenvalue weighted by atomic mass is 10.2. The molecule has 1 aromatic heterocycles. The fourth-order valence-electron chi connectivity index (χ4n) is 2.26. The van der Waals surface area contributed by atoms with Crippen LogP contribution < -0.4 is 10.1 Å². The van der Waals surface area contributed by atoms with Crippen molar-refractivity contribution in [1.29, 1.82) is 0 Å². The Morgan fingerprint density at radius 2 is 2.07 bits per heavy atom. The van der Waals surface area contributed by atoms with Gasteiger partial charge in [-0.1, -0.05) is 39.3 Å². The highest BCUT2D eigenvalue weighted by Crippen LogP contribution is 2.31. The Bertz CT molecular complexity index is 964. The second kappa shape index (κ2) is 8.73. The number of nitrogens with one attached hydrogen (secondary N) is 1. The average Bonchev–Trinajstić information content (AvgIpc) is 3.12. The molecule has 7 nitrogen and oxygen atoms in total. The van der Waals surface area contributed by atoms with Crippen molar-refractivity contribution in [2.24, 2.45) is 0 Å². The predicted molar refractivity (Wildman–Crippen MR) is 109 cm³/mol. The van der Waals surface area contributed by atoms with Gasteiger partial charge < -0.3 is 10.1 Å². The average molecular weight is 469 g/mol. The van der Waals surface area contributed by atoms with Gasteiger partial charge in [-0.15, -0.1) is 5.10 Å². The molecule has 0 saturated heterocycles. The van der Waals surface area contributed by atoms with E-state index < -0.39 is 0 Å². The molecule has 0 spiro atoms. The fourth-order valence-corrected chi connectivity index (χ4v) is 3.37. The Hall–Kier alpha value is -2.10. The second-order valence-corrected chi connectivity index (χ2v) is 7.75. The number of nitrogens with zero attached hydrogens (tertiary/aromatic N) is 4. The molecule has 10 heteroatoms. The normalized spacial score (nSPS) is 10.7. The van der Waals surface area contributed by atoms with Crippen molar-refractivity contribution in [3.63, 3.8) is 0 Å². The number of methoxy groups -OCH3 is 1. The first kappa shape index (κ1) is 19.7. The van der Waals surface area contributed by atoms with Crippen LogP contribution in [0, 0.1) is 6.92 Å². The van der Waals surface area contributed by atoms with Crippen LogP contribution in [0.4, 0.5) is 5.69 Å². The monoisotopic (exact) mass is 467 g/mol. The maximum Gasteiger partial charge on any atom is 0.234 e. The summed E-state index contributed by atoms with van der Waals surface area (Å²) < 4.78 is 7.81. The molecule has 0 fully saturated rings. The summed E-state index contributed by atoms with van der Waals surface area (Å²) in [7, 11) is 1.53. The van der Waals surface area contributed by atoms with E-state index in [1.165, 1.54) is 18.9 Å². The SMILES string of the molecule is COc1cc(Cl)c(C)cc1NC(=O)CSc1nnnn1-c1ccc(Br)cc1. The van der Waals surface area contributed by atoms with Crippen LogP contribution in [0.2, 0.25) is 5.02 Å². The van der Waals surface area contributed by atoms with E-state index in [1.807, 2.05) is 31.2 Å². The zero-order valence-electron chi connectivity index (χ0n) is 14.4. The Labute approximate surface area is 173 Å². The number of rotatable bonds is 6. The van der Waals surface area contributed by atoms with E-state index in [-0.39, 0.29) is 11.7 Å². The number of ether oxygens (including phenoxy) is 1. The minimum absolute atomic E-state index is 0.141. The van der Waals surface area contributed by atoms with Crippen molar-refractivity contribution in [1.82, 2.24) is 20.2 Å². The number of aryl methyl sites for hydroxylation is 1. The highest BCUT2D eigenvalue weighted by atomic mass is 79.9. The largest absolute Gasteiger partial charge is 0.495 e. The molecule has 27 heavy (non-hydrogen) atoms. The Morgan fingerprint density at radius 1 is 1.33 bits per heavy atom. The molecular weight excluding hydrogens is 454 g/mol. The number of aromatic nitrogens is 4. The van der Waals surface area contributed by atoms with Gasteiger partial charge in [-0.3, -0.25) is 4.79 Å². The summed E-state index contributed by atoms with van der Waals surface area (Å²) in [6, 6.07) is 11.0. The van der Waals surface area contributed by atoms with Crippen LogP contribution >= 0.6 is 39.3 Å². The van der Waals surface area contributed by atoms with Crippen LogP contribution in [0.1, 0.15) is 5.56 Å². The Balaban J connectivity index is 1.68. The summed E-state index contributed by atoms with van der Waals surface area (Å²) >= 11 is 10.7. The molecule has 2 aromatic carbocycles. The van der Waals surface area contributed by atoms with E-state index in [0.29, 0.717) is 21.6 Å². The van der Waals surface area contributed by atoms with Gasteiger partial charge in [-0.05, 0) is 53.2 Å². The topological polar surface area (TPSA) is 81.9 Å². The molecule has 140 valence electrons. The molecule has 0 aliphatic carbocycles. The smallest absolute Gasteiger partial charge is 0.234 e. The van der Waals surface area contributed by atoms with Crippen LogP contribution in [0.15, 0.2) is 46.0 Å². The van der Waals surface area contributed by atoms with Crippen molar-refractivity contribution in [2.75, 3.05) is 18.2 Å². The first-order chi connectivity index (χ1) is 13.0. The molecule has 1 N–H and O–H groups in total. The molecule has 0 saturated carbocycles. The number of benzene rings is 2. The number of carbonyl (C=O) groups excluding carboxylic acids is 1. The number of amides is 1. The van der Waals surface area contributed by atoms with Crippen LogP contribution in [-0.4, -0.2) is 39.0 Å². The quantitative estimate of drug-likeness (QED) is 0.548. The first-order valence-electron chi connectivity index (χ1n) is 7.79. The maximum absolute atomic E-state index is 12.4. The number of hydrogen-bond acceptors (Lipinski definition) is 6. The standard InChI is InChI=1S/C17H15BrClN5O2S/c1-10-7-14(15(26-2)8-13(10)19)20-16(25)9-27-17-21-22-23-24(17)12-5-3-11(18)4-6-12/h3-8H,9H2,1-2H3,(H,20,25). The Morgan fingerprint density at radius 3 is 2.78 bits per heavy atom. The first-order valence-corrected chi connectivity index (χ1v) is 9.94. The van der Waals surface area contributed by atoms with E-state index in [1.54, 1.807) is 16.8 Å². The number of tetrazole rings is 1. The molecular formula is C17H15BrClN5O2S.